The minimum absolute atomic E-state index is 0.166. The number of likely N-dealkylation sites (N-methyl/N-ethyl adjacent to an activating group) is 1. The number of carbonyl (C=O) groups is 1. The molecule has 3 nitrogen and oxygen atoms in total. The van der Waals surface area contributed by atoms with Crippen molar-refractivity contribution in [1.82, 2.24) is 5.32 Å². The number of hydrogen-bond acceptors (Lipinski definition) is 3. The van der Waals surface area contributed by atoms with Gasteiger partial charge in [0.2, 0.25) is 0 Å². The molecule has 0 spiro atoms. The molecule has 0 aromatic heterocycles. The monoisotopic (exact) mass is 159 g/mol. The van der Waals surface area contributed by atoms with Crippen LogP contribution < -0.4 is 5.32 Å². The van der Waals surface area contributed by atoms with Crippen LogP contribution in [-0.4, -0.2) is 25.7 Å². The van der Waals surface area contributed by atoms with Gasteiger partial charge in [-0.15, -0.1) is 0 Å². The first-order chi connectivity index (χ1) is 5.16. The summed E-state index contributed by atoms with van der Waals surface area (Å²) in [4.78, 5) is 10.8. The number of hydrogen-bond donors (Lipinski definition) is 1. The van der Waals surface area contributed by atoms with Crippen LogP contribution in [0.4, 0.5) is 0 Å². The first-order valence-electron chi connectivity index (χ1n) is 4.03. The normalized spacial score (nSPS) is 10.2. The minimum atomic E-state index is -0.166. The Morgan fingerprint density at radius 2 is 2.18 bits per heavy atom. The Kier molecular flexibility index (Phi) is 5.84. The van der Waals surface area contributed by atoms with E-state index in [1.165, 1.54) is 0 Å². The first kappa shape index (κ1) is 10.4. The summed E-state index contributed by atoms with van der Waals surface area (Å²) >= 11 is 0. The predicted octanol–water partition coefficient (Wildman–Crippen LogP) is 0.795. The highest BCUT2D eigenvalue weighted by molar-refractivity contribution is 5.71. The molecule has 3 heteroatoms. The largest absolute Gasteiger partial charge is 0.464 e. The second-order valence-corrected chi connectivity index (χ2v) is 2.86. The molecule has 66 valence electrons. The molecule has 0 radical (unpaired) electrons. The van der Waals surface area contributed by atoms with Gasteiger partial charge in [-0.1, -0.05) is 20.8 Å². The second-order valence-electron chi connectivity index (χ2n) is 2.86. The fourth-order valence-corrected chi connectivity index (χ4v) is 0.538. The van der Waals surface area contributed by atoms with Crippen molar-refractivity contribution in [1.29, 1.82) is 0 Å². The van der Waals surface area contributed by atoms with Crippen LogP contribution in [0.15, 0.2) is 0 Å². The van der Waals surface area contributed by atoms with Crippen molar-refractivity contribution in [2.45, 2.75) is 20.8 Å². The van der Waals surface area contributed by atoms with Crippen molar-refractivity contribution in [3.8, 4) is 0 Å². The Hall–Kier alpha value is -0.570. The third-order valence-corrected chi connectivity index (χ3v) is 1.10. The van der Waals surface area contributed by atoms with Gasteiger partial charge >= 0.3 is 5.97 Å². The van der Waals surface area contributed by atoms with Gasteiger partial charge in [0, 0.05) is 0 Å². The zero-order valence-corrected chi connectivity index (χ0v) is 7.52. The smallest absolute Gasteiger partial charge is 0.319 e. The standard InChI is InChI=1S/C8H17NO2/c1-4-9-5-8(10)11-6-7(2)3/h7,9H,4-6H2,1-3H3. The first-order valence-corrected chi connectivity index (χ1v) is 4.03. The summed E-state index contributed by atoms with van der Waals surface area (Å²) in [6, 6.07) is 0. The lowest BCUT2D eigenvalue weighted by Crippen LogP contribution is -2.25. The van der Waals surface area contributed by atoms with Crippen molar-refractivity contribution in [3.05, 3.63) is 0 Å². The van der Waals surface area contributed by atoms with Gasteiger partial charge in [-0.2, -0.15) is 0 Å². The molecule has 11 heavy (non-hydrogen) atoms. The molecule has 1 N–H and O–H groups in total. The van der Waals surface area contributed by atoms with E-state index in [9.17, 15) is 4.79 Å². The lowest BCUT2D eigenvalue weighted by Gasteiger charge is -2.06. The molecule has 0 unspecified atom stereocenters. The second kappa shape index (κ2) is 6.16. The number of rotatable bonds is 5. The molecule has 0 heterocycles. The molecular weight excluding hydrogens is 142 g/mol. The Morgan fingerprint density at radius 3 is 2.64 bits per heavy atom. The van der Waals surface area contributed by atoms with E-state index < -0.39 is 0 Å². The van der Waals surface area contributed by atoms with Crippen molar-refractivity contribution >= 4 is 5.97 Å². The van der Waals surface area contributed by atoms with Crippen LogP contribution in [0.1, 0.15) is 20.8 Å². The summed E-state index contributed by atoms with van der Waals surface area (Å²) in [7, 11) is 0. The molecule has 0 aromatic carbocycles. The van der Waals surface area contributed by atoms with E-state index in [1.54, 1.807) is 0 Å². The van der Waals surface area contributed by atoms with E-state index in [-0.39, 0.29) is 5.97 Å². The third kappa shape index (κ3) is 7.33. The summed E-state index contributed by atoms with van der Waals surface area (Å²) in [6.07, 6.45) is 0. The third-order valence-electron chi connectivity index (χ3n) is 1.10. The van der Waals surface area contributed by atoms with Gasteiger partial charge < -0.3 is 10.1 Å². The summed E-state index contributed by atoms with van der Waals surface area (Å²) in [5.74, 6) is 0.251. The average molecular weight is 159 g/mol. The van der Waals surface area contributed by atoms with Gasteiger partial charge in [-0.05, 0) is 12.5 Å². The SMILES string of the molecule is CCNCC(=O)OCC(C)C. The van der Waals surface area contributed by atoms with Gasteiger partial charge in [0.1, 0.15) is 0 Å². The van der Waals surface area contributed by atoms with Crippen molar-refractivity contribution in [2.24, 2.45) is 5.92 Å². The van der Waals surface area contributed by atoms with Crippen LogP contribution in [0.2, 0.25) is 0 Å². The predicted molar refractivity (Wildman–Crippen MR) is 44.3 cm³/mol. The van der Waals surface area contributed by atoms with E-state index in [4.69, 9.17) is 4.74 Å². The van der Waals surface area contributed by atoms with Gasteiger partial charge in [0.25, 0.3) is 0 Å². The van der Waals surface area contributed by atoms with E-state index in [1.807, 2.05) is 20.8 Å². The van der Waals surface area contributed by atoms with Crippen molar-refractivity contribution < 1.29 is 9.53 Å². The zero-order chi connectivity index (χ0) is 8.69. The van der Waals surface area contributed by atoms with Crippen LogP contribution in [0.25, 0.3) is 0 Å². The van der Waals surface area contributed by atoms with Gasteiger partial charge in [0.15, 0.2) is 0 Å². The summed E-state index contributed by atoms with van der Waals surface area (Å²) in [5.41, 5.74) is 0. The van der Waals surface area contributed by atoms with Gasteiger partial charge in [0.05, 0.1) is 13.2 Å². The topological polar surface area (TPSA) is 38.3 Å². The lowest BCUT2D eigenvalue weighted by molar-refractivity contribution is -0.143. The molecule has 0 aliphatic carbocycles. The number of esters is 1. The molecule has 0 bridgehead atoms. The highest BCUT2D eigenvalue weighted by Crippen LogP contribution is 1.91. The highest BCUT2D eigenvalue weighted by atomic mass is 16.5. The van der Waals surface area contributed by atoms with Crippen LogP contribution in [0.3, 0.4) is 0 Å². The maximum absolute atomic E-state index is 10.8. The average Bonchev–Trinajstić information content (AvgIpc) is 1.97. The maximum atomic E-state index is 10.8. The number of carbonyl (C=O) groups excluding carboxylic acids is 1. The lowest BCUT2D eigenvalue weighted by atomic mass is 10.2. The Morgan fingerprint density at radius 1 is 1.55 bits per heavy atom. The van der Waals surface area contributed by atoms with Crippen molar-refractivity contribution in [2.75, 3.05) is 19.7 Å². The molecule has 0 atom stereocenters. The summed E-state index contributed by atoms with van der Waals surface area (Å²) < 4.78 is 4.90. The van der Waals surface area contributed by atoms with Crippen LogP contribution in [0, 0.1) is 5.92 Å². The van der Waals surface area contributed by atoms with E-state index in [0.717, 1.165) is 6.54 Å². The molecule has 0 saturated heterocycles. The summed E-state index contributed by atoms with van der Waals surface area (Å²) in [5, 5.41) is 2.90. The Labute approximate surface area is 68.1 Å². The van der Waals surface area contributed by atoms with E-state index >= 15 is 0 Å². The fraction of sp³-hybridized carbons (Fsp3) is 0.875. The maximum Gasteiger partial charge on any atom is 0.319 e. The zero-order valence-electron chi connectivity index (χ0n) is 7.52. The van der Waals surface area contributed by atoms with E-state index in [2.05, 4.69) is 5.32 Å². The van der Waals surface area contributed by atoms with Crippen LogP contribution >= 0.6 is 0 Å². The van der Waals surface area contributed by atoms with Crippen LogP contribution in [-0.2, 0) is 9.53 Å². The number of nitrogens with one attached hydrogen (secondary N) is 1. The van der Waals surface area contributed by atoms with Crippen molar-refractivity contribution in [3.63, 3.8) is 0 Å². The minimum Gasteiger partial charge on any atom is -0.464 e. The number of ether oxygens (including phenoxy) is 1. The Balaban J connectivity index is 3.23. The quantitative estimate of drug-likeness (QED) is 0.603. The fourth-order valence-electron chi connectivity index (χ4n) is 0.538. The molecule has 0 fully saturated rings. The summed E-state index contributed by atoms with van der Waals surface area (Å²) in [6.45, 7) is 7.63. The molecule has 0 rings (SSSR count). The molecule has 0 aliphatic rings. The molecule has 0 amide bonds. The van der Waals surface area contributed by atoms with Gasteiger partial charge in [-0.25, -0.2) is 0 Å². The molecule has 0 aliphatic heterocycles. The molecule has 0 aromatic rings. The van der Waals surface area contributed by atoms with E-state index in [0.29, 0.717) is 19.1 Å². The molecule has 0 saturated carbocycles. The van der Waals surface area contributed by atoms with Gasteiger partial charge in [-0.3, -0.25) is 4.79 Å². The Bertz CT molecular complexity index is 113. The molecular formula is C8H17NO2. The highest BCUT2D eigenvalue weighted by Gasteiger charge is 2.01. The van der Waals surface area contributed by atoms with Crippen LogP contribution in [0.5, 0.6) is 0 Å².